The zero-order chi connectivity index (χ0) is 16.9. The van der Waals surface area contributed by atoms with E-state index in [1.54, 1.807) is 0 Å². The maximum atomic E-state index is 12.8. The van der Waals surface area contributed by atoms with E-state index >= 15 is 0 Å². The predicted molar refractivity (Wildman–Crippen MR) is 95.2 cm³/mol. The number of hydrogen-bond acceptors (Lipinski definition) is 6. The minimum Gasteiger partial charge on any atom is -0.383 e. The van der Waals surface area contributed by atoms with Gasteiger partial charge in [0.15, 0.2) is 5.16 Å². The first kappa shape index (κ1) is 16.0. The lowest BCUT2D eigenvalue weighted by Crippen LogP contribution is -2.60. The van der Waals surface area contributed by atoms with Crippen LogP contribution < -0.4 is 16.8 Å². The van der Waals surface area contributed by atoms with Crippen molar-refractivity contribution in [2.75, 3.05) is 11.5 Å². The van der Waals surface area contributed by atoms with Gasteiger partial charge in [0.1, 0.15) is 11.6 Å². The zero-order valence-corrected chi connectivity index (χ0v) is 14.8. The summed E-state index contributed by atoms with van der Waals surface area (Å²) in [5, 5.41) is 3.59. The molecule has 6 nitrogen and oxygen atoms in total. The normalized spacial score (nSPS) is 35.0. The number of thioether (sulfide) groups is 1. The van der Waals surface area contributed by atoms with Gasteiger partial charge in [-0.25, -0.2) is 9.97 Å². The molecule has 4 aliphatic rings. The highest BCUT2D eigenvalue weighted by atomic mass is 32.2. The van der Waals surface area contributed by atoms with Gasteiger partial charge in [0.2, 0.25) is 5.91 Å². The lowest BCUT2D eigenvalue weighted by atomic mass is 9.53. The van der Waals surface area contributed by atoms with Crippen molar-refractivity contribution < 1.29 is 4.79 Å². The first-order valence-electron chi connectivity index (χ1n) is 8.79. The molecule has 0 saturated heterocycles. The Bertz CT molecular complexity index is 609. The molecule has 5 rings (SSSR count). The molecule has 130 valence electrons. The molecular weight excluding hydrogens is 322 g/mol. The molecular formula is C17H25N5OS. The summed E-state index contributed by atoms with van der Waals surface area (Å²) in [7, 11) is 0. The van der Waals surface area contributed by atoms with Crippen LogP contribution >= 0.6 is 11.8 Å². The molecule has 0 aliphatic heterocycles. The van der Waals surface area contributed by atoms with Crippen LogP contribution in [0.15, 0.2) is 11.2 Å². The summed E-state index contributed by atoms with van der Waals surface area (Å²) in [5.41, 5.74) is 11.4. The summed E-state index contributed by atoms with van der Waals surface area (Å²) >= 11 is 1.31. The van der Waals surface area contributed by atoms with Gasteiger partial charge in [-0.15, -0.1) is 0 Å². The molecule has 0 aromatic carbocycles. The highest BCUT2D eigenvalue weighted by Gasteiger charge is 2.51. The van der Waals surface area contributed by atoms with E-state index in [0.717, 1.165) is 37.0 Å². The van der Waals surface area contributed by atoms with Crippen LogP contribution in [0.5, 0.6) is 0 Å². The van der Waals surface area contributed by atoms with E-state index in [4.69, 9.17) is 11.5 Å². The Labute approximate surface area is 146 Å². The van der Waals surface area contributed by atoms with Crippen LogP contribution in [0.3, 0.4) is 0 Å². The number of nitrogens with one attached hydrogen (secondary N) is 1. The number of carbonyl (C=O) groups excluding carboxylic acids is 1. The van der Waals surface area contributed by atoms with Crippen LogP contribution in [0, 0.1) is 17.8 Å². The van der Waals surface area contributed by atoms with Crippen molar-refractivity contribution in [3.05, 3.63) is 6.07 Å². The number of rotatable bonds is 4. The van der Waals surface area contributed by atoms with Crippen molar-refractivity contribution in [3.63, 3.8) is 0 Å². The molecule has 4 fully saturated rings. The minimum absolute atomic E-state index is 0.0380. The largest absolute Gasteiger partial charge is 0.383 e. The van der Waals surface area contributed by atoms with Gasteiger partial charge in [0.05, 0.1) is 5.25 Å². The van der Waals surface area contributed by atoms with E-state index in [-0.39, 0.29) is 16.7 Å². The van der Waals surface area contributed by atoms with Crippen molar-refractivity contribution in [2.24, 2.45) is 17.8 Å². The molecule has 1 aromatic heterocycles. The number of aromatic nitrogens is 2. The second-order valence-electron chi connectivity index (χ2n) is 7.95. The Morgan fingerprint density at radius 1 is 1.17 bits per heavy atom. The number of anilines is 2. The molecule has 4 bridgehead atoms. The monoisotopic (exact) mass is 347 g/mol. The quantitative estimate of drug-likeness (QED) is 0.569. The van der Waals surface area contributed by atoms with Crippen LogP contribution in [0.25, 0.3) is 0 Å². The van der Waals surface area contributed by atoms with Gasteiger partial charge in [-0.1, -0.05) is 11.8 Å². The topological polar surface area (TPSA) is 107 Å². The number of nitrogens with two attached hydrogens (primary N) is 2. The molecule has 5 N–H and O–H groups in total. The third kappa shape index (κ3) is 3.06. The van der Waals surface area contributed by atoms with Crippen molar-refractivity contribution in [3.8, 4) is 0 Å². The first-order chi connectivity index (χ1) is 11.4. The second kappa shape index (κ2) is 5.79. The molecule has 4 saturated carbocycles. The van der Waals surface area contributed by atoms with Gasteiger partial charge in [-0.3, -0.25) is 4.79 Å². The van der Waals surface area contributed by atoms with Gasteiger partial charge in [-0.05, 0) is 63.2 Å². The fourth-order valence-corrected chi connectivity index (χ4v) is 6.15. The van der Waals surface area contributed by atoms with Gasteiger partial charge >= 0.3 is 0 Å². The van der Waals surface area contributed by atoms with Crippen molar-refractivity contribution in [1.29, 1.82) is 0 Å². The average Bonchev–Trinajstić information content (AvgIpc) is 2.43. The summed E-state index contributed by atoms with van der Waals surface area (Å²) in [5.74, 6) is 3.19. The molecule has 24 heavy (non-hydrogen) atoms. The third-order valence-corrected chi connectivity index (χ3v) is 6.78. The maximum absolute atomic E-state index is 12.8. The predicted octanol–water partition coefficient (Wildman–Crippen LogP) is 2.21. The Balaban J connectivity index is 1.42. The number of nitrogen functional groups attached to an aromatic ring is 2. The Kier molecular flexibility index (Phi) is 3.86. The maximum Gasteiger partial charge on any atom is 0.233 e. The zero-order valence-electron chi connectivity index (χ0n) is 14.0. The van der Waals surface area contributed by atoms with E-state index in [0.29, 0.717) is 16.8 Å². The van der Waals surface area contributed by atoms with Crippen molar-refractivity contribution in [1.82, 2.24) is 15.3 Å². The molecule has 0 spiro atoms. The second-order valence-corrected chi connectivity index (χ2v) is 9.26. The van der Waals surface area contributed by atoms with Crippen molar-refractivity contribution >= 4 is 29.3 Å². The summed E-state index contributed by atoms with van der Waals surface area (Å²) in [6, 6.07) is 1.52. The van der Waals surface area contributed by atoms with Crippen LogP contribution in [0.1, 0.15) is 45.4 Å². The number of amides is 1. The summed E-state index contributed by atoms with van der Waals surface area (Å²) in [6.07, 6.45) is 7.58. The SMILES string of the molecule is C[C@@H](Sc1nc(N)cc(N)n1)C(=O)NC12CC3CC(CC(C3)C1)C2. The van der Waals surface area contributed by atoms with Gasteiger partial charge < -0.3 is 16.8 Å². The van der Waals surface area contributed by atoms with E-state index in [1.165, 1.54) is 37.1 Å². The highest BCUT2D eigenvalue weighted by Crippen LogP contribution is 2.55. The standard InChI is InChI=1S/C17H25N5OS/c1-9(24-16-20-13(18)5-14(19)21-16)15(23)22-17-6-10-2-11(7-17)4-12(3-10)8-17/h5,9-12H,2-4,6-8H2,1H3,(H,22,23)(H4,18,19,20,21)/t9-,10?,11?,12?,17?/m1/s1. The van der Waals surface area contributed by atoms with E-state index in [9.17, 15) is 4.79 Å². The Morgan fingerprint density at radius 2 is 1.67 bits per heavy atom. The smallest absolute Gasteiger partial charge is 0.233 e. The van der Waals surface area contributed by atoms with E-state index in [2.05, 4.69) is 15.3 Å². The van der Waals surface area contributed by atoms with Crippen LogP contribution in [0.4, 0.5) is 11.6 Å². The molecule has 1 amide bonds. The van der Waals surface area contributed by atoms with Crippen LogP contribution in [-0.2, 0) is 4.79 Å². The number of hydrogen-bond donors (Lipinski definition) is 3. The van der Waals surface area contributed by atoms with Crippen LogP contribution in [0.2, 0.25) is 0 Å². The van der Waals surface area contributed by atoms with E-state index in [1.807, 2.05) is 6.92 Å². The lowest BCUT2D eigenvalue weighted by Gasteiger charge is -2.57. The number of carbonyl (C=O) groups is 1. The summed E-state index contributed by atoms with van der Waals surface area (Å²) < 4.78 is 0. The fourth-order valence-electron chi connectivity index (χ4n) is 5.35. The summed E-state index contributed by atoms with van der Waals surface area (Å²) in [4.78, 5) is 21.1. The Morgan fingerprint density at radius 3 is 2.17 bits per heavy atom. The molecule has 0 unspecified atom stereocenters. The molecule has 1 atom stereocenters. The molecule has 0 radical (unpaired) electrons. The summed E-state index contributed by atoms with van der Waals surface area (Å²) in [6.45, 7) is 1.89. The fraction of sp³-hybridized carbons (Fsp3) is 0.706. The Hall–Kier alpha value is -1.50. The van der Waals surface area contributed by atoms with Crippen molar-refractivity contribution in [2.45, 2.75) is 61.4 Å². The minimum atomic E-state index is -0.265. The van der Waals surface area contributed by atoms with E-state index < -0.39 is 0 Å². The third-order valence-electron chi connectivity index (χ3n) is 5.82. The highest BCUT2D eigenvalue weighted by molar-refractivity contribution is 8.00. The molecule has 1 heterocycles. The molecule has 1 aromatic rings. The van der Waals surface area contributed by atoms with Gasteiger partial charge in [0, 0.05) is 11.6 Å². The van der Waals surface area contributed by atoms with Crippen LogP contribution in [-0.4, -0.2) is 26.7 Å². The molecule has 7 heteroatoms. The lowest BCUT2D eigenvalue weighted by molar-refractivity contribution is -0.126. The van der Waals surface area contributed by atoms with Gasteiger partial charge in [-0.2, -0.15) is 0 Å². The average molecular weight is 347 g/mol. The first-order valence-corrected chi connectivity index (χ1v) is 9.67. The molecule has 4 aliphatic carbocycles. The number of nitrogens with zero attached hydrogens (tertiary/aromatic N) is 2. The van der Waals surface area contributed by atoms with Gasteiger partial charge in [0.25, 0.3) is 0 Å².